The molecule has 0 bridgehead atoms. The molecular weight excluding hydrogens is 244 g/mol. The lowest BCUT2D eigenvalue weighted by molar-refractivity contribution is 0.0957. The molecule has 3 heteroatoms. The average Bonchev–Trinajstić information content (AvgIpc) is 2.60. The van der Waals surface area contributed by atoms with E-state index in [1.165, 1.54) is 6.26 Å². The summed E-state index contributed by atoms with van der Waals surface area (Å²) >= 11 is 3.21. The van der Waals surface area contributed by atoms with E-state index >= 15 is 0 Å². The number of carbonyl (C=O) groups excluding carboxylic acids is 1. The molecule has 0 fully saturated rings. The maximum atomic E-state index is 11.8. The second-order valence-corrected chi connectivity index (χ2v) is 4.14. The number of halogens is 1. The Labute approximate surface area is 92.8 Å². The van der Waals surface area contributed by atoms with E-state index in [1.54, 1.807) is 6.07 Å². The van der Waals surface area contributed by atoms with Crippen LogP contribution in [0.1, 0.15) is 43.5 Å². The lowest BCUT2D eigenvalue weighted by Gasteiger charge is -2.09. The SMILES string of the molecule is CCC(CC)CC(=O)c1ccoc1Br. The smallest absolute Gasteiger partial charge is 0.179 e. The van der Waals surface area contributed by atoms with Crippen molar-refractivity contribution in [1.82, 2.24) is 0 Å². The second-order valence-electron chi connectivity index (χ2n) is 3.42. The first kappa shape index (κ1) is 11.5. The molecule has 78 valence electrons. The van der Waals surface area contributed by atoms with Gasteiger partial charge in [-0.15, -0.1) is 0 Å². The van der Waals surface area contributed by atoms with Crippen molar-refractivity contribution in [2.24, 2.45) is 5.92 Å². The van der Waals surface area contributed by atoms with Crippen molar-refractivity contribution >= 4 is 21.7 Å². The van der Waals surface area contributed by atoms with Gasteiger partial charge in [-0.1, -0.05) is 26.7 Å². The molecule has 0 N–H and O–H groups in total. The first-order valence-electron chi connectivity index (χ1n) is 4.95. The van der Waals surface area contributed by atoms with Gasteiger partial charge in [0.2, 0.25) is 0 Å². The van der Waals surface area contributed by atoms with Crippen LogP contribution in [-0.2, 0) is 0 Å². The number of ketones is 1. The van der Waals surface area contributed by atoms with Gasteiger partial charge in [-0.2, -0.15) is 0 Å². The molecule has 2 nitrogen and oxygen atoms in total. The molecule has 0 spiro atoms. The summed E-state index contributed by atoms with van der Waals surface area (Å²) in [6.07, 6.45) is 4.25. The molecule has 0 saturated carbocycles. The summed E-state index contributed by atoms with van der Waals surface area (Å²) in [7, 11) is 0. The molecule has 0 saturated heterocycles. The molecule has 0 aliphatic heterocycles. The highest BCUT2D eigenvalue weighted by Crippen LogP contribution is 2.22. The lowest BCUT2D eigenvalue weighted by atomic mass is 9.95. The fourth-order valence-electron chi connectivity index (χ4n) is 1.44. The van der Waals surface area contributed by atoms with E-state index in [1.807, 2.05) is 0 Å². The van der Waals surface area contributed by atoms with Crippen LogP contribution in [0.25, 0.3) is 0 Å². The van der Waals surface area contributed by atoms with Crippen LogP contribution in [-0.4, -0.2) is 5.78 Å². The molecule has 0 aliphatic rings. The van der Waals surface area contributed by atoms with Crippen molar-refractivity contribution in [1.29, 1.82) is 0 Å². The summed E-state index contributed by atoms with van der Waals surface area (Å²) in [6.45, 7) is 4.23. The third-order valence-corrected chi connectivity index (χ3v) is 3.16. The third-order valence-electron chi connectivity index (χ3n) is 2.55. The minimum atomic E-state index is 0.166. The van der Waals surface area contributed by atoms with Gasteiger partial charge in [-0.25, -0.2) is 0 Å². The van der Waals surface area contributed by atoms with Crippen molar-refractivity contribution in [3.63, 3.8) is 0 Å². The Morgan fingerprint density at radius 1 is 1.50 bits per heavy atom. The Hall–Kier alpha value is -0.570. The van der Waals surface area contributed by atoms with Crippen LogP contribution in [0, 0.1) is 5.92 Å². The Kier molecular flexibility index (Phi) is 4.39. The number of furan rings is 1. The summed E-state index contributed by atoms with van der Waals surface area (Å²) in [4.78, 5) is 11.8. The van der Waals surface area contributed by atoms with E-state index in [2.05, 4.69) is 29.8 Å². The molecule has 0 atom stereocenters. The van der Waals surface area contributed by atoms with Crippen LogP contribution in [0.5, 0.6) is 0 Å². The molecule has 0 unspecified atom stereocenters. The van der Waals surface area contributed by atoms with Crippen LogP contribution in [0.15, 0.2) is 21.4 Å². The van der Waals surface area contributed by atoms with E-state index in [0.29, 0.717) is 22.6 Å². The van der Waals surface area contributed by atoms with E-state index in [-0.39, 0.29) is 5.78 Å². The first-order valence-corrected chi connectivity index (χ1v) is 5.74. The van der Waals surface area contributed by atoms with E-state index in [0.717, 1.165) is 12.8 Å². The van der Waals surface area contributed by atoms with Crippen LogP contribution < -0.4 is 0 Å². The molecule has 0 aliphatic carbocycles. The number of Topliss-reactive ketones (excluding diaryl/α,β-unsaturated/α-hetero) is 1. The molecular formula is C11H15BrO2. The predicted molar refractivity (Wildman–Crippen MR) is 59.4 cm³/mol. The Morgan fingerprint density at radius 2 is 2.14 bits per heavy atom. The topological polar surface area (TPSA) is 30.2 Å². The second kappa shape index (κ2) is 5.35. The Morgan fingerprint density at radius 3 is 2.57 bits per heavy atom. The van der Waals surface area contributed by atoms with Crippen LogP contribution >= 0.6 is 15.9 Å². The maximum Gasteiger partial charge on any atom is 0.179 e. The van der Waals surface area contributed by atoms with Crippen molar-refractivity contribution in [3.05, 3.63) is 22.6 Å². The van der Waals surface area contributed by atoms with Gasteiger partial charge in [0.25, 0.3) is 0 Å². The van der Waals surface area contributed by atoms with Crippen LogP contribution in [0.2, 0.25) is 0 Å². The molecule has 1 aromatic rings. The highest BCUT2D eigenvalue weighted by atomic mass is 79.9. The minimum absolute atomic E-state index is 0.166. The maximum absolute atomic E-state index is 11.8. The molecule has 1 aromatic heterocycles. The predicted octanol–water partition coefficient (Wildman–Crippen LogP) is 4.05. The zero-order valence-corrected chi connectivity index (χ0v) is 10.1. The fourth-order valence-corrected chi connectivity index (χ4v) is 1.90. The largest absolute Gasteiger partial charge is 0.457 e. The lowest BCUT2D eigenvalue weighted by Crippen LogP contribution is -2.07. The summed E-state index contributed by atoms with van der Waals surface area (Å²) < 4.78 is 5.58. The van der Waals surface area contributed by atoms with Crippen molar-refractivity contribution in [3.8, 4) is 0 Å². The Bertz CT molecular complexity index is 300. The average molecular weight is 259 g/mol. The monoisotopic (exact) mass is 258 g/mol. The van der Waals surface area contributed by atoms with Gasteiger partial charge < -0.3 is 4.42 Å². The normalized spacial score (nSPS) is 10.9. The number of rotatable bonds is 5. The van der Waals surface area contributed by atoms with Crippen molar-refractivity contribution in [2.45, 2.75) is 33.1 Å². The molecule has 0 aromatic carbocycles. The van der Waals surface area contributed by atoms with Crippen molar-refractivity contribution < 1.29 is 9.21 Å². The summed E-state index contributed by atoms with van der Waals surface area (Å²) in [5, 5.41) is 0. The number of hydrogen-bond acceptors (Lipinski definition) is 2. The third kappa shape index (κ3) is 2.71. The zero-order valence-electron chi connectivity index (χ0n) is 8.55. The molecule has 0 amide bonds. The number of carbonyl (C=O) groups is 1. The van der Waals surface area contributed by atoms with Gasteiger partial charge in [-0.3, -0.25) is 4.79 Å². The highest BCUT2D eigenvalue weighted by Gasteiger charge is 2.16. The molecule has 0 radical (unpaired) electrons. The van der Waals surface area contributed by atoms with Crippen LogP contribution in [0.3, 0.4) is 0 Å². The molecule has 1 heterocycles. The van der Waals surface area contributed by atoms with Gasteiger partial charge in [0.05, 0.1) is 11.8 Å². The summed E-state index contributed by atoms with van der Waals surface area (Å²) in [6, 6.07) is 1.72. The van der Waals surface area contributed by atoms with E-state index < -0.39 is 0 Å². The molecule has 14 heavy (non-hydrogen) atoms. The summed E-state index contributed by atoms with van der Waals surface area (Å²) in [5.41, 5.74) is 0.664. The van der Waals surface area contributed by atoms with E-state index in [9.17, 15) is 4.79 Å². The van der Waals surface area contributed by atoms with Crippen molar-refractivity contribution in [2.75, 3.05) is 0 Å². The zero-order chi connectivity index (χ0) is 10.6. The summed E-state index contributed by atoms with van der Waals surface area (Å²) in [5.74, 6) is 0.656. The van der Waals surface area contributed by atoms with Gasteiger partial charge in [0.1, 0.15) is 0 Å². The first-order chi connectivity index (χ1) is 6.69. The van der Waals surface area contributed by atoms with Gasteiger partial charge in [0.15, 0.2) is 10.5 Å². The van der Waals surface area contributed by atoms with Gasteiger partial charge in [-0.05, 0) is 27.9 Å². The fraction of sp³-hybridized carbons (Fsp3) is 0.545. The standard InChI is InChI=1S/C11H15BrO2/c1-3-8(4-2)7-10(13)9-5-6-14-11(9)12/h5-6,8H,3-4,7H2,1-2H3. The molecule has 1 rings (SSSR count). The van der Waals surface area contributed by atoms with E-state index in [4.69, 9.17) is 4.42 Å². The van der Waals surface area contributed by atoms with Crippen LogP contribution in [0.4, 0.5) is 0 Å². The van der Waals surface area contributed by atoms with Gasteiger partial charge >= 0.3 is 0 Å². The minimum Gasteiger partial charge on any atom is -0.457 e. The quantitative estimate of drug-likeness (QED) is 0.746. The Balaban J connectivity index is 2.63. The van der Waals surface area contributed by atoms with Gasteiger partial charge in [0, 0.05) is 6.42 Å². The highest BCUT2D eigenvalue weighted by molar-refractivity contribution is 9.10. The number of hydrogen-bond donors (Lipinski definition) is 0.